The van der Waals surface area contributed by atoms with Crippen LogP contribution in [0.25, 0.3) is 10.9 Å². The van der Waals surface area contributed by atoms with Crippen molar-refractivity contribution in [2.75, 3.05) is 13.2 Å². The molecule has 0 aliphatic rings. The van der Waals surface area contributed by atoms with E-state index in [1.807, 2.05) is 49.7 Å². The van der Waals surface area contributed by atoms with Gasteiger partial charge in [0.1, 0.15) is 5.60 Å². The van der Waals surface area contributed by atoms with Gasteiger partial charge in [0, 0.05) is 24.7 Å². The molecule has 0 unspecified atom stereocenters. The van der Waals surface area contributed by atoms with Crippen LogP contribution in [0.5, 0.6) is 0 Å². The number of carbonyl (C=O) groups is 2. The molecule has 0 fully saturated rings. The van der Waals surface area contributed by atoms with Crippen LogP contribution in [-0.2, 0) is 16.0 Å². The number of carbonyl (C=O) groups excluding carboxylic acids is 2. The molecule has 1 N–H and O–H groups in total. The van der Waals surface area contributed by atoms with E-state index >= 15 is 0 Å². The van der Waals surface area contributed by atoms with Gasteiger partial charge in [-0.2, -0.15) is 0 Å². The minimum Gasteiger partial charge on any atom is -0.462 e. The fourth-order valence-corrected chi connectivity index (χ4v) is 2.58. The Morgan fingerprint density at radius 1 is 1.20 bits per heavy atom. The Hall–Kier alpha value is -2.50. The molecule has 1 amide bonds. The zero-order valence-corrected chi connectivity index (χ0v) is 15.3. The van der Waals surface area contributed by atoms with Gasteiger partial charge in [-0.25, -0.2) is 9.59 Å². The van der Waals surface area contributed by atoms with Crippen LogP contribution >= 0.6 is 0 Å². The Morgan fingerprint density at radius 3 is 2.64 bits per heavy atom. The third-order valence-corrected chi connectivity index (χ3v) is 3.53. The number of nitrogens with one attached hydrogen (secondary N) is 1. The first-order valence-corrected chi connectivity index (χ1v) is 8.53. The smallest absolute Gasteiger partial charge is 0.407 e. The van der Waals surface area contributed by atoms with Crippen molar-refractivity contribution in [2.45, 2.75) is 46.3 Å². The Bertz CT molecular complexity index is 743. The zero-order valence-electron chi connectivity index (χ0n) is 15.3. The first-order valence-electron chi connectivity index (χ1n) is 8.53. The summed E-state index contributed by atoms with van der Waals surface area (Å²) < 4.78 is 12.4. The van der Waals surface area contributed by atoms with Crippen molar-refractivity contribution in [3.63, 3.8) is 0 Å². The summed E-state index contributed by atoms with van der Waals surface area (Å²) >= 11 is 0. The first kappa shape index (κ1) is 18.8. The van der Waals surface area contributed by atoms with E-state index in [2.05, 4.69) is 5.32 Å². The standard InChI is InChI=1S/C19H26N2O4/c1-5-24-17(22)15-9-6-8-14-10-13-21(16(14)15)12-7-11-20-18(23)25-19(2,3)4/h6,8-10,13H,5,7,11-12H2,1-4H3,(H,20,23). The van der Waals surface area contributed by atoms with Crippen molar-refractivity contribution in [1.82, 2.24) is 9.88 Å². The van der Waals surface area contributed by atoms with Crippen LogP contribution in [0.1, 0.15) is 44.5 Å². The van der Waals surface area contributed by atoms with E-state index in [0.29, 0.717) is 25.3 Å². The highest BCUT2D eigenvalue weighted by Gasteiger charge is 2.16. The lowest BCUT2D eigenvalue weighted by molar-refractivity contribution is 0.0518. The van der Waals surface area contributed by atoms with Gasteiger partial charge in [0.05, 0.1) is 17.7 Å². The van der Waals surface area contributed by atoms with Gasteiger partial charge in [-0.1, -0.05) is 12.1 Å². The largest absolute Gasteiger partial charge is 0.462 e. The first-order chi connectivity index (χ1) is 11.8. The molecule has 6 heteroatoms. The Labute approximate surface area is 148 Å². The van der Waals surface area contributed by atoms with Crippen molar-refractivity contribution < 1.29 is 19.1 Å². The van der Waals surface area contributed by atoms with Gasteiger partial charge in [0.15, 0.2) is 0 Å². The maximum atomic E-state index is 12.2. The highest BCUT2D eigenvalue weighted by molar-refractivity contribution is 6.03. The van der Waals surface area contributed by atoms with Crippen molar-refractivity contribution in [2.24, 2.45) is 0 Å². The van der Waals surface area contributed by atoms with E-state index in [1.165, 1.54) is 0 Å². The van der Waals surface area contributed by atoms with Gasteiger partial charge in [0.2, 0.25) is 0 Å². The Balaban J connectivity index is 2.00. The minimum absolute atomic E-state index is 0.320. The topological polar surface area (TPSA) is 69.6 Å². The number of alkyl carbamates (subject to hydrolysis) is 1. The summed E-state index contributed by atoms with van der Waals surface area (Å²) in [6, 6.07) is 7.56. The fourth-order valence-electron chi connectivity index (χ4n) is 2.58. The quantitative estimate of drug-likeness (QED) is 0.639. The summed E-state index contributed by atoms with van der Waals surface area (Å²) in [4.78, 5) is 23.8. The molecule has 1 heterocycles. The van der Waals surface area contributed by atoms with Crippen LogP contribution in [-0.4, -0.2) is 35.4 Å². The lowest BCUT2D eigenvalue weighted by Crippen LogP contribution is -2.33. The van der Waals surface area contributed by atoms with Gasteiger partial charge < -0.3 is 19.4 Å². The van der Waals surface area contributed by atoms with Crippen molar-refractivity contribution >= 4 is 23.0 Å². The van der Waals surface area contributed by atoms with Crippen LogP contribution in [0.2, 0.25) is 0 Å². The van der Waals surface area contributed by atoms with Gasteiger partial charge in [0.25, 0.3) is 0 Å². The number of ether oxygens (including phenoxy) is 2. The summed E-state index contributed by atoms with van der Waals surface area (Å²) in [6.45, 7) is 8.79. The van der Waals surface area contributed by atoms with Crippen LogP contribution in [0, 0.1) is 0 Å². The molecule has 2 rings (SSSR count). The molecule has 2 aromatic rings. The third kappa shape index (κ3) is 5.24. The van der Waals surface area contributed by atoms with E-state index in [0.717, 1.165) is 17.3 Å². The molecule has 1 aromatic carbocycles. The number of fused-ring (bicyclic) bond motifs is 1. The van der Waals surface area contributed by atoms with Crippen LogP contribution in [0.4, 0.5) is 4.79 Å². The number of aryl methyl sites for hydroxylation is 1. The number of amides is 1. The molecular weight excluding hydrogens is 320 g/mol. The average Bonchev–Trinajstić information content (AvgIpc) is 2.93. The molecule has 0 aliphatic heterocycles. The maximum absolute atomic E-state index is 12.2. The maximum Gasteiger partial charge on any atom is 0.407 e. The summed E-state index contributed by atoms with van der Waals surface area (Å²) in [6.07, 6.45) is 2.25. The molecule has 6 nitrogen and oxygen atoms in total. The average molecular weight is 346 g/mol. The molecule has 0 bridgehead atoms. The molecule has 0 spiro atoms. The third-order valence-electron chi connectivity index (χ3n) is 3.53. The fraction of sp³-hybridized carbons (Fsp3) is 0.474. The lowest BCUT2D eigenvalue weighted by Gasteiger charge is -2.19. The lowest BCUT2D eigenvalue weighted by atomic mass is 10.1. The van der Waals surface area contributed by atoms with E-state index in [9.17, 15) is 9.59 Å². The van der Waals surface area contributed by atoms with Gasteiger partial charge in [-0.05, 0) is 46.2 Å². The second-order valence-electron chi connectivity index (χ2n) is 6.76. The number of nitrogens with zero attached hydrogens (tertiary/aromatic N) is 1. The van der Waals surface area contributed by atoms with Gasteiger partial charge >= 0.3 is 12.1 Å². The Morgan fingerprint density at radius 2 is 1.96 bits per heavy atom. The summed E-state index contributed by atoms with van der Waals surface area (Å²) in [5.41, 5.74) is 0.914. The molecule has 1 aromatic heterocycles. The van der Waals surface area contributed by atoms with Crippen molar-refractivity contribution in [3.8, 4) is 0 Å². The molecular formula is C19H26N2O4. The second-order valence-corrected chi connectivity index (χ2v) is 6.76. The van der Waals surface area contributed by atoms with Crippen LogP contribution in [0.3, 0.4) is 0 Å². The van der Waals surface area contributed by atoms with E-state index in [1.54, 1.807) is 13.0 Å². The molecule has 0 radical (unpaired) electrons. The number of hydrogen-bond donors (Lipinski definition) is 1. The van der Waals surface area contributed by atoms with Crippen LogP contribution < -0.4 is 5.32 Å². The zero-order chi connectivity index (χ0) is 18.4. The second kappa shape index (κ2) is 8.05. The molecule has 136 valence electrons. The van der Waals surface area contributed by atoms with E-state index < -0.39 is 11.7 Å². The van der Waals surface area contributed by atoms with Gasteiger partial charge in [-0.15, -0.1) is 0 Å². The molecule has 0 saturated heterocycles. The number of para-hydroxylation sites is 1. The summed E-state index contributed by atoms with van der Waals surface area (Å²) in [5.74, 6) is -0.320. The number of benzene rings is 1. The molecule has 0 saturated carbocycles. The van der Waals surface area contributed by atoms with Crippen molar-refractivity contribution in [3.05, 3.63) is 36.0 Å². The number of esters is 1. The highest BCUT2D eigenvalue weighted by Crippen LogP contribution is 2.21. The number of aromatic nitrogens is 1. The normalized spacial score (nSPS) is 11.4. The van der Waals surface area contributed by atoms with E-state index in [4.69, 9.17) is 9.47 Å². The molecule has 0 aliphatic carbocycles. The molecule has 0 atom stereocenters. The van der Waals surface area contributed by atoms with Gasteiger partial charge in [-0.3, -0.25) is 0 Å². The summed E-state index contributed by atoms with van der Waals surface area (Å²) in [5, 5.41) is 3.73. The molecule has 25 heavy (non-hydrogen) atoms. The predicted molar refractivity (Wildman–Crippen MR) is 96.7 cm³/mol. The highest BCUT2D eigenvalue weighted by atomic mass is 16.6. The number of hydrogen-bond acceptors (Lipinski definition) is 4. The van der Waals surface area contributed by atoms with Crippen LogP contribution in [0.15, 0.2) is 30.5 Å². The van der Waals surface area contributed by atoms with E-state index in [-0.39, 0.29) is 5.97 Å². The number of rotatable bonds is 6. The SMILES string of the molecule is CCOC(=O)c1cccc2ccn(CCCNC(=O)OC(C)(C)C)c12. The van der Waals surface area contributed by atoms with Crippen molar-refractivity contribution in [1.29, 1.82) is 0 Å². The monoisotopic (exact) mass is 346 g/mol. The Kier molecular flexibility index (Phi) is 6.07. The minimum atomic E-state index is -0.505. The summed E-state index contributed by atoms with van der Waals surface area (Å²) in [7, 11) is 0. The predicted octanol–water partition coefficient (Wildman–Crippen LogP) is 3.73.